The summed E-state index contributed by atoms with van der Waals surface area (Å²) in [5.74, 6) is -1.52. The van der Waals surface area contributed by atoms with E-state index in [4.69, 9.17) is 4.74 Å². The number of hydrogen-bond acceptors (Lipinski definition) is 3. The molecule has 108 valence electrons. The Balaban J connectivity index is 2.74. The second-order valence-corrected chi connectivity index (χ2v) is 4.62. The Morgan fingerprint density at radius 3 is 2.45 bits per heavy atom. The first-order chi connectivity index (χ1) is 9.45. The number of carbonyl (C=O) groups excluding carboxylic acids is 2. The van der Waals surface area contributed by atoms with Crippen molar-refractivity contribution in [2.24, 2.45) is 5.92 Å². The molecule has 0 bridgehead atoms. The molecule has 1 aromatic carbocycles. The molecule has 0 fully saturated rings. The van der Waals surface area contributed by atoms with Gasteiger partial charge in [-0.05, 0) is 30.2 Å². The monoisotopic (exact) mass is 279 g/mol. The van der Waals surface area contributed by atoms with Crippen LogP contribution >= 0.6 is 0 Å². The van der Waals surface area contributed by atoms with Crippen molar-refractivity contribution < 1.29 is 18.7 Å². The number of halogens is 1. The first-order valence-corrected chi connectivity index (χ1v) is 6.29. The molecule has 0 aromatic heterocycles. The highest BCUT2D eigenvalue weighted by molar-refractivity contribution is 5.96. The van der Waals surface area contributed by atoms with Crippen LogP contribution in [0.2, 0.25) is 0 Å². The quantitative estimate of drug-likeness (QED) is 0.642. The van der Waals surface area contributed by atoms with Crippen LogP contribution in [0.5, 0.6) is 0 Å². The third-order valence-corrected chi connectivity index (χ3v) is 2.66. The molecule has 0 heterocycles. The van der Waals surface area contributed by atoms with Gasteiger partial charge >= 0.3 is 5.97 Å². The Labute approximate surface area is 117 Å². The predicted octanol–water partition coefficient (Wildman–Crippen LogP) is 2.31. The molecule has 4 nitrogen and oxygen atoms in total. The fourth-order valence-electron chi connectivity index (χ4n) is 1.55. The lowest BCUT2D eigenvalue weighted by Crippen LogP contribution is -2.45. The van der Waals surface area contributed by atoms with Gasteiger partial charge in [-0.15, -0.1) is 0 Å². The van der Waals surface area contributed by atoms with Crippen LogP contribution in [0, 0.1) is 11.7 Å². The van der Waals surface area contributed by atoms with Crippen molar-refractivity contribution in [2.75, 3.05) is 6.61 Å². The van der Waals surface area contributed by atoms with E-state index in [1.165, 1.54) is 30.3 Å². The highest BCUT2D eigenvalue weighted by Gasteiger charge is 2.25. The summed E-state index contributed by atoms with van der Waals surface area (Å²) in [7, 11) is 0. The number of hydrogen-bond donors (Lipinski definition) is 1. The average molecular weight is 279 g/mol. The van der Waals surface area contributed by atoms with E-state index in [1.807, 2.05) is 0 Å². The first kappa shape index (κ1) is 15.9. The molecule has 0 aliphatic carbocycles. The van der Waals surface area contributed by atoms with Gasteiger partial charge in [-0.3, -0.25) is 4.79 Å². The molecular formula is C15H18FNO3. The third kappa shape index (κ3) is 4.50. The summed E-state index contributed by atoms with van der Waals surface area (Å²) in [6.07, 6.45) is 1.46. The number of esters is 1. The Bertz CT molecular complexity index is 482. The maximum atomic E-state index is 12.8. The lowest BCUT2D eigenvalue weighted by molar-refractivity contribution is -0.145. The van der Waals surface area contributed by atoms with Gasteiger partial charge in [-0.1, -0.05) is 26.5 Å². The van der Waals surface area contributed by atoms with E-state index in [-0.39, 0.29) is 18.1 Å². The molecule has 0 spiro atoms. The van der Waals surface area contributed by atoms with Crippen molar-refractivity contribution in [3.8, 4) is 0 Å². The first-order valence-electron chi connectivity index (χ1n) is 6.29. The highest BCUT2D eigenvalue weighted by Crippen LogP contribution is 2.08. The molecule has 0 radical (unpaired) electrons. The molecule has 5 heteroatoms. The molecule has 0 aliphatic rings. The standard InChI is InChI=1S/C15H18FNO3/c1-4-9-20-15(19)13(10(2)3)17-14(18)11-5-7-12(16)8-6-11/h4-8,10,13H,1,9H2,2-3H3,(H,17,18). The van der Waals surface area contributed by atoms with Gasteiger partial charge in [-0.25, -0.2) is 9.18 Å². The molecule has 1 amide bonds. The zero-order chi connectivity index (χ0) is 15.1. The molecule has 0 aliphatic heterocycles. The largest absolute Gasteiger partial charge is 0.460 e. The number of ether oxygens (including phenoxy) is 1. The summed E-state index contributed by atoms with van der Waals surface area (Å²) in [6.45, 7) is 7.14. The maximum absolute atomic E-state index is 12.8. The molecule has 20 heavy (non-hydrogen) atoms. The Kier molecular flexibility index (Phi) is 5.90. The normalized spacial score (nSPS) is 11.8. The van der Waals surface area contributed by atoms with Gasteiger partial charge in [-0.2, -0.15) is 0 Å². The summed E-state index contributed by atoms with van der Waals surface area (Å²) in [4.78, 5) is 23.8. The van der Waals surface area contributed by atoms with Crippen molar-refractivity contribution in [3.05, 3.63) is 48.3 Å². The summed E-state index contributed by atoms with van der Waals surface area (Å²) in [6, 6.07) is 4.34. The van der Waals surface area contributed by atoms with Gasteiger partial charge < -0.3 is 10.1 Å². The Morgan fingerprint density at radius 2 is 1.95 bits per heavy atom. The van der Waals surface area contributed by atoms with Gasteiger partial charge in [0.15, 0.2) is 0 Å². The molecule has 1 N–H and O–H groups in total. The van der Waals surface area contributed by atoms with Crippen molar-refractivity contribution in [1.29, 1.82) is 0 Å². The average Bonchev–Trinajstić information content (AvgIpc) is 2.42. The number of carbonyl (C=O) groups is 2. The zero-order valence-corrected chi connectivity index (χ0v) is 11.6. The molecule has 1 atom stereocenters. The minimum atomic E-state index is -0.757. The summed E-state index contributed by atoms with van der Waals surface area (Å²) >= 11 is 0. The summed E-state index contributed by atoms with van der Waals surface area (Å²) in [5.41, 5.74) is 0.286. The van der Waals surface area contributed by atoms with Gasteiger partial charge in [0.25, 0.3) is 5.91 Å². The van der Waals surface area contributed by atoms with Crippen LogP contribution in [0.1, 0.15) is 24.2 Å². The van der Waals surface area contributed by atoms with E-state index in [9.17, 15) is 14.0 Å². The van der Waals surface area contributed by atoms with E-state index < -0.39 is 23.7 Å². The minimum absolute atomic E-state index is 0.0917. The number of nitrogens with one attached hydrogen (secondary N) is 1. The molecule has 1 rings (SSSR count). The molecule has 1 aromatic rings. The van der Waals surface area contributed by atoms with Gasteiger partial charge in [0, 0.05) is 5.56 Å². The van der Waals surface area contributed by atoms with E-state index in [2.05, 4.69) is 11.9 Å². The second-order valence-electron chi connectivity index (χ2n) is 4.62. The number of rotatable bonds is 6. The van der Waals surface area contributed by atoms with Gasteiger partial charge in [0.2, 0.25) is 0 Å². The van der Waals surface area contributed by atoms with Gasteiger partial charge in [0.05, 0.1) is 0 Å². The van der Waals surface area contributed by atoms with Crippen LogP contribution in [0.4, 0.5) is 4.39 Å². The van der Waals surface area contributed by atoms with E-state index in [0.717, 1.165) is 0 Å². The zero-order valence-electron chi connectivity index (χ0n) is 11.6. The predicted molar refractivity (Wildman–Crippen MR) is 73.6 cm³/mol. The van der Waals surface area contributed by atoms with Crippen molar-refractivity contribution >= 4 is 11.9 Å². The van der Waals surface area contributed by atoms with Crippen LogP contribution in [-0.2, 0) is 9.53 Å². The van der Waals surface area contributed by atoms with E-state index in [0.29, 0.717) is 0 Å². The lowest BCUT2D eigenvalue weighted by Gasteiger charge is -2.20. The smallest absolute Gasteiger partial charge is 0.329 e. The van der Waals surface area contributed by atoms with Crippen molar-refractivity contribution in [1.82, 2.24) is 5.32 Å². The van der Waals surface area contributed by atoms with Crippen molar-refractivity contribution in [3.63, 3.8) is 0 Å². The fourth-order valence-corrected chi connectivity index (χ4v) is 1.55. The van der Waals surface area contributed by atoms with Crippen LogP contribution in [0.3, 0.4) is 0 Å². The van der Waals surface area contributed by atoms with Crippen LogP contribution in [0.25, 0.3) is 0 Å². The summed E-state index contributed by atoms with van der Waals surface area (Å²) in [5, 5.41) is 2.59. The highest BCUT2D eigenvalue weighted by atomic mass is 19.1. The van der Waals surface area contributed by atoms with Crippen molar-refractivity contribution in [2.45, 2.75) is 19.9 Å². The molecule has 1 unspecified atom stereocenters. The van der Waals surface area contributed by atoms with Crippen LogP contribution < -0.4 is 5.32 Å². The third-order valence-electron chi connectivity index (χ3n) is 2.66. The Morgan fingerprint density at radius 1 is 1.35 bits per heavy atom. The van der Waals surface area contributed by atoms with Crippen LogP contribution in [0.15, 0.2) is 36.9 Å². The van der Waals surface area contributed by atoms with E-state index >= 15 is 0 Å². The SMILES string of the molecule is C=CCOC(=O)C(NC(=O)c1ccc(F)cc1)C(C)C. The van der Waals surface area contributed by atoms with Crippen LogP contribution in [-0.4, -0.2) is 24.5 Å². The molecular weight excluding hydrogens is 261 g/mol. The Hall–Kier alpha value is -2.17. The summed E-state index contributed by atoms with van der Waals surface area (Å²) < 4.78 is 17.7. The molecule has 0 saturated heterocycles. The number of benzene rings is 1. The fraction of sp³-hybridized carbons (Fsp3) is 0.333. The minimum Gasteiger partial charge on any atom is -0.460 e. The van der Waals surface area contributed by atoms with Gasteiger partial charge in [0.1, 0.15) is 18.5 Å². The topological polar surface area (TPSA) is 55.4 Å². The number of amides is 1. The lowest BCUT2D eigenvalue weighted by atomic mass is 10.0. The molecule has 0 saturated carbocycles. The van der Waals surface area contributed by atoms with E-state index in [1.54, 1.807) is 13.8 Å². The second kappa shape index (κ2) is 7.43. The maximum Gasteiger partial charge on any atom is 0.329 e.